The van der Waals surface area contributed by atoms with Gasteiger partial charge < -0.3 is 9.15 Å². The maximum Gasteiger partial charge on any atom is 0.416 e. The summed E-state index contributed by atoms with van der Waals surface area (Å²) in [5.74, 6) is -0.281. The van der Waals surface area contributed by atoms with Crippen LogP contribution in [0.4, 0.5) is 18.9 Å². The quantitative estimate of drug-likeness (QED) is 0.262. The van der Waals surface area contributed by atoms with Gasteiger partial charge in [-0.15, -0.1) is 0 Å². The molecule has 36 heavy (non-hydrogen) atoms. The second kappa shape index (κ2) is 9.13. The number of rotatable bonds is 5. The van der Waals surface area contributed by atoms with Crippen molar-refractivity contribution in [3.05, 3.63) is 104 Å². The average molecular weight is 558 g/mol. The first-order chi connectivity index (χ1) is 17.2. The third-order valence-electron chi connectivity index (χ3n) is 5.95. The van der Waals surface area contributed by atoms with Crippen LogP contribution in [0.15, 0.2) is 80.4 Å². The van der Waals surface area contributed by atoms with Crippen LogP contribution < -0.4 is 15.1 Å². The second-order valence-corrected chi connectivity index (χ2v) is 9.27. The number of hydrogen-bond acceptors (Lipinski definition) is 4. The van der Waals surface area contributed by atoms with Gasteiger partial charge in [-0.2, -0.15) is 13.2 Å². The van der Waals surface area contributed by atoms with Gasteiger partial charge in [0.25, 0.3) is 5.91 Å². The van der Waals surface area contributed by atoms with Gasteiger partial charge >= 0.3 is 6.18 Å². The SMILES string of the molecule is CCCOc1ccc(C2c3c(oc4ccc(Br)cc4c3=O)C(=O)N2c2cccc(C(F)(F)F)c2)cc1. The van der Waals surface area contributed by atoms with Crippen molar-refractivity contribution in [2.75, 3.05) is 11.5 Å². The highest BCUT2D eigenvalue weighted by molar-refractivity contribution is 9.10. The lowest BCUT2D eigenvalue weighted by Gasteiger charge is -2.26. The highest BCUT2D eigenvalue weighted by Crippen LogP contribution is 2.43. The van der Waals surface area contributed by atoms with E-state index in [-0.39, 0.29) is 28.0 Å². The van der Waals surface area contributed by atoms with Crippen LogP contribution in [0.25, 0.3) is 11.0 Å². The van der Waals surface area contributed by atoms with Gasteiger partial charge in [-0.3, -0.25) is 14.5 Å². The fraction of sp³-hybridized carbons (Fsp3) is 0.185. The van der Waals surface area contributed by atoms with E-state index in [9.17, 15) is 22.8 Å². The van der Waals surface area contributed by atoms with Crippen LogP contribution in [0.1, 0.15) is 46.6 Å². The van der Waals surface area contributed by atoms with Crippen molar-refractivity contribution in [3.8, 4) is 5.75 Å². The van der Waals surface area contributed by atoms with Crippen LogP contribution in [0, 0.1) is 0 Å². The van der Waals surface area contributed by atoms with E-state index in [0.717, 1.165) is 18.6 Å². The Kier molecular flexibility index (Phi) is 6.12. The third kappa shape index (κ3) is 4.17. The number of fused-ring (bicyclic) bond motifs is 2. The van der Waals surface area contributed by atoms with Crippen molar-refractivity contribution >= 4 is 38.5 Å². The van der Waals surface area contributed by atoms with Crippen LogP contribution in [0.2, 0.25) is 0 Å². The lowest BCUT2D eigenvalue weighted by atomic mass is 9.98. The molecule has 0 saturated heterocycles. The van der Waals surface area contributed by atoms with Gasteiger partial charge in [0.1, 0.15) is 11.3 Å². The van der Waals surface area contributed by atoms with E-state index in [1.807, 2.05) is 6.92 Å². The zero-order chi connectivity index (χ0) is 25.6. The molecule has 1 aliphatic rings. The van der Waals surface area contributed by atoms with Crippen molar-refractivity contribution < 1.29 is 27.1 Å². The molecule has 5 nitrogen and oxygen atoms in total. The Morgan fingerprint density at radius 1 is 1.03 bits per heavy atom. The van der Waals surface area contributed by atoms with Crippen molar-refractivity contribution in [1.29, 1.82) is 0 Å². The largest absolute Gasteiger partial charge is 0.494 e. The number of carbonyl (C=O) groups excluding carboxylic acids is 1. The summed E-state index contributed by atoms with van der Waals surface area (Å²) in [5, 5.41) is 0.259. The first-order valence-corrected chi connectivity index (χ1v) is 12.0. The van der Waals surface area contributed by atoms with Gasteiger partial charge in [0.15, 0.2) is 5.43 Å². The molecular formula is C27H19BrF3NO4. The first kappa shape index (κ1) is 24.1. The second-order valence-electron chi connectivity index (χ2n) is 8.36. The molecule has 1 aromatic heterocycles. The van der Waals surface area contributed by atoms with Crippen LogP contribution in [-0.2, 0) is 6.18 Å². The molecule has 4 aromatic rings. The predicted molar refractivity (Wildman–Crippen MR) is 133 cm³/mol. The van der Waals surface area contributed by atoms with Gasteiger partial charge in [-0.25, -0.2) is 0 Å². The number of ether oxygens (including phenoxy) is 1. The van der Waals surface area contributed by atoms with Crippen molar-refractivity contribution in [2.45, 2.75) is 25.6 Å². The zero-order valence-electron chi connectivity index (χ0n) is 18.9. The number of benzene rings is 3. The Hall–Kier alpha value is -3.59. The summed E-state index contributed by atoms with van der Waals surface area (Å²) in [5.41, 5.74) is -0.508. The summed E-state index contributed by atoms with van der Waals surface area (Å²) in [6.07, 6.45) is -3.78. The highest BCUT2D eigenvalue weighted by atomic mass is 79.9. The minimum atomic E-state index is -4.60. The summed E-state index contributed by atoms with van der Waals surface area (Å²) < 4.78 is 52.6. The smallest absolute Gasteiger partial charge is 0.416 e. The fourth-order valence-electron chi connectivity index (χ4n) is 4.33. The average Bonchev–Trinajstić information content (AvgIpc) is 3.15. The summed E-state index contributed by atoms with van der Waals surface area (Å²) in [7, 11) is 0. The Balaban J connectivity index is 1.72. The van der Waals surface area contributed by atoms with E-state index < -0.39 is 29.1 Å². The summed E-state index contributed by atoms with van der Waals surface area (Å²) in [6.45, 7) is 2.50. The molecule has 5 rings (SSSR count). The van der Waals surface area contributed by atoms with Crippen LogP contribution in [-0.4, -0.2) is 12.5 Å². The Labute approximate surface area is 212 Å². The molecular weight excluding hydrogens is 539 g/mol. The van der Waals surface area contributed by atoms with E-state index in [4.69, 9.17) is 9.15 Å². The monoisotopic (exact) mass is 557 g/mol. The standard InChI is InChI=1S/C27H19BrF3NO4/c1-2-12-35-19-9-6-15(7-10-19)23-22-24(33)20-14-17(28)8-11-21(20)36-25(22)26(34)32(23)18-5-3-4-16(13-18)27(29,30)31/h3-11,13-14,23H,2,12H2,1H3. The van der Waals surface area contributed by atoms with Crippen molar-refractivity contribution in [1.82, 2.24) is 0 Å². The summed E-state index contributed by atoms with van der Waals surface area (Å²) >= 11 is 3.34. The minimum Gasteiger partial charge on any atom is -0.494 e. The first-order valence-electron chi connectivity index (χ1n) is 11.2. The van der Waals surface area contributed by atoms with E-state index in [0.29, 0.717) is 22.4 Å². The molecule has 1 amide bonds. The fourth-order valence-corrected chi connectivity index (χ4v) is 4.69. The number of amides is 1. The lowest BCUT2D eigenvalue weighted by Crippen LogP contribution is -2.29. The molecule has 0 saturated carbocycles. The predicted octanol–water partition coefficient (Wildman–Crippen LogP) is 7.11. The van der Waals surface area contributed by atoms with Gasteiger partial charge in [0, 0.05) is 10.2 Å². The number of alkyl halides is 3. The molecule has 2 heterocycles. The number of hydrogen-bond donors (Lipinski definition) is 0. The molecule has 1 unspecified atom stereocenters. The third-order valence-corrected chi connectivity index (χ3v) is 6.45. The molecule has 1 atom stereocenters. The summed E-state index contributed by atoms with van der Waals surface area (Å²) in [6, 6.07) is 15.1. The molecule has 1 aliphatic heterocycles. The van der Waals surface area contributed by atoms with Gasteiger partial charge in [-0.05, 0) is 60.5 Å². The molecule has 9 heteroatoms. The highest BCUT2D eigenvalue weighted by Gasteiger charge is 2.44. The van der Waals surface area contributed by atoms with Crippen molar-refractivity contribution in [3.63, 3.8) is 0 Å². The molecule has 0 N–H and O–H groups in total. The number of anilines is 1. The maximum atomic E-state index is 13.6. The van der Waals surface area contributed by atoms with E-state index in [1.165, 1.54) is 17.0 Å². The van der Waals surface area contributed by atoms with Crippen LogP contribution in [0.5, 0.6) is 5.75 Å². The van der Waals surface area contributed by atoms with Gasteiger partial charge in [-0.1, -0.05) is 41.1 Å². The number of nitrogens with zero attached hydrogens (tertiary/aromatic N) is 1. The van der Waals surface area contributed by atoms with E-state index in [1.54, 1.807) is 42.5 Å². The van der Waals surface area contributed by atoms with Gasteiger partial charge in [0.2, 0.25) is 5.76 Å². The Bertz CT molecular complexity index is 1530. The summed E-state index contributed by atoms with van der Waals surface area (Å²) in [4.78, 5) is 28.4. The van der Waals surface area contributed by atoms with Crippen LogP contribution >= 0.6 is 15.9 Å². The Morgan fingerprint density at radius 2 is 1.78 bits per heavy atom. The molecule has 3 aromatic carbocycles. The number of halogens is 4. The zero-order valence-corrected chi connectivity index (χ0v) is 20.5. The lowest BCUT2D eigenvalue weighted by molar-refractivity contribution is -0.137. The molecule has 0 fully saturated rings. The van der Waals surface area contributed by atoms with Gasteiger partial charge in [0.05, 0.1) is 29.2 Å². The maximum absolute atomic E-state index is 13.6. The normalized spacial score (nSPS) is 15.4. The molecule has 0 spiro atoms. The molecule has 0 radical (unpaired) electrons. The minimum absolute atomic E-state index is 0.00201. The molecule has 184 valence electrons. The van der Waals surface area contributed by atoms with Crippen LogP contribution in [0.3, 0.4) is 0 Å². The Morgan fingerprint density at radius 3 is 2.47 bits per heavy atom. The van der Waals surface area contributed by atoms with E-state index in [2.05, 4.69) is 15.9 Å². The van der Waals surface area contributed by atoms with Crippen molar-refractivity contribution in [2.24, 2.45) is 0 Å². The topological polar surface area (TPSA) is 59.8 Å². The van der Waals surface area contributed by atoms with E-state index >= 15 is 0 Å². The molecule has 0 aliphatic carbocycles. The molecule has 0 bridgehead atoms. The number of carbonyl (C=O) groups is 1.